The predicted octanol–water partition coefficient (Wildman–Crippen LogP) is 3.57. The van der Waals surface area contributed by atoms with Crippen LogP contribution in [0.3, 0.4) is 0 Å². The molecule has 0 fully saturated rings. The zero-order valence-corrected chi connectivity index (χ0v) is 11.6. The van der Waals surface area contributed by atoms with E-state index in [9.17, 15) is 4.79 Å². The average molecular weight is 250 g/mol. The van der Waals surface area contributed by atoms with E-state index in [0.717, 1.165) is 12.2 Å². The molecule has 0 atom stereocenters. The molecule has 0 radical (unpaired) electrons. The van der Waals surface area contributed by atoms with Crippen LogP contribution in [0.1, 0.15) is 37.8 Å². The number of ether oxygens (including phenoxy) is 1. The van der Waals surface area contributed by atoms with E-state index in [0.29, 0.717) is 13.0 Å². The number of carboxylic acids is 1. The van der Waals surface area contributed by atoms with Gasteiger partial charge in [0, 0.05) is 0 Å². The number of aryl methyl sites for hydroxylation is 2. The lowest BCUT2D eigenvalue weighted by Crippen LogP contribution is -2.24. The summed E-state index contributed by atoms with van der Waals surface area (Å²) in [6, 6.07) is 5.99. The SMILES string of the molecule is Cc1ccc(OCCCC(C)(C)C(=O)O)cc1C. The van der Waals surface area contributed by atoms with Gasteiger partial charge in [-0.1, -0.05) is 6.07 Å². The molecular formula is C15H22O3. The summed E-state index contributed by atoms with van der Waals surface area (Å²) in [5.74, 6) is 0.0971. The Morgan fingerprint density at radius 1 is 1.28 bits per heavy atom. The molecule has 0 bridgehead atoms. The number of carboxylic acid groups (broad SMARTS) is 1. The van der Waals surface area contributed by atoms with Crippen LogP contribution in [0.4, 0.5) is 0 Å². The van der Waals surface area contributed by atoms with Crippen molar-refractivity contribution >= 4 is 5.97 Å². The summed E-state index contributed by atoms with van der Waals surface area (Å²) in [6.45, 7) is 8.15. The van der Waals surface area contributed by atoms with Crippen LogP contribution in [0.15, 0.2) is 18.2 Å². The number of rotatable bonds is 6. The monoisotopic (exact) mass is 250 g/mol. The van der Waals surface area contributed by atoms with E-state index in [4.69, 9.17) is 9.84 Å². The zero-order valence-electron chi connectivity index (χ0n) is 11.6. The molecule has 0 amide bonds. The fraction of sp³-hybridized carbons (Fsp3) is 0.533. The number of aliphatic carboxylic acids is 1. The second-order valence-electron chi connectivity index (χ2n) is 5.39. The van der Waals surface area contributed by atoms with Crippen molar-refractivity contribution in [1.82, 2.24) is 0 Å². The van der Waals surface area contributed by atoms with Gasteiger partial charge in [0.2, 0.25) is 0 Å². The van der Waals surface area contributed by atoms with Crippen molar-refractivity contribution in [2.75, 3.05) is 6.61 Å². The van der Waals surface area contributed by atoms with Gasteiger partial charge in [-0.2, -0.15) is 0 Å². The maximum atomic E-state index is 10.9. The Labute approximate surface area is 109 Å². The van der Waals surface area contributed by atoms with Crippen molar-refractivity contribution < 1.29 is 14.6 Å². The van der Waals surface area contributed by atoms with Crippen molar-refractivity contribution in [3.05, 3.63) is 29.3 Å². The Balaban J connectivity index is 2.38. The Morgan fingerprint density at radius 3 is 2.50 bits per heavy atom. The van der Waals surface area contributed by atoms with Crippen LogP contribution < -0.4 is 4.74 Å². The molecule has 0 aliphatic heterocycles. The van der Waals surface area contributed by atoms with Crippen molar-refractivity contribution in [2.24, 2.45) is 5.41 Å². The molecule has 3 nitrogen and oxygen atoms in total. The van der Waals surface area contributed by atoms with Gasteiger partial charge in [0.05, 0.1) is 12.0 Å². The standard InChI is InChI=1S/C15H22O3/c1-11-6-7-13(10-12(11)2)18-9-5-8-15(3,4)14(16)17/h6-7,10H,5,8-9H2,1-4H3,(H,16,17). The van der Waals surface area contributed by atoms with E-state index in [1.807, 2.05) is 18.2 Å². The number of benzene rings is 1. The summed E-state index contributed by atoms with van der Waals surface area (Å²) in [7, 11) is 0. The van der Waals surface area contributed by atoms with E-state index in [1.165, 1.54) is 11.1 Å². The summed E-state index contributed by atoms with van der Waals surface area (Å²) >= 11 is 0. The summed E-state index contributed by atoms with van der Waals surface area (Å²) < 4.78 is 5.62. The van der Waals surface area contributed by atoms with Crippen molar-refractivity contribution in [2.45, 2.75) is 40.5 Å². The molecule has 100 valence electrons. The molecule has 0 heterocycles. The van der Waals surface area contributed by atoms with E-state index in [-0.39, 0.29) is 0 Å². The van der Waals surface area contributed by atoms with Gasteiger partial charge in [-0.05, 0) is 63.8 Å². The first-order chi connectivity index (χ1) is 8.33. The minimum Gasteiger partial charge on any atom is -0.494 e. The van der Waals surface area contributed by atoms with Crippen LogP contribution >= 0.6 is 0 Å². The molecule has 0 saturated carbocycles. The third-order valence-corrected chi connectivity index (χ3v) is 3.27. The van der Waals surface area contributed by atoms with E-state index < -0.39 is 11.4 Å². The molecule has 0 aliphatic carbocycles. The first-order valence-electron chi connectivity index (χ1n) is 6.26. The fourth-order valence-corrected chi connectivity index (χ4v) is 1.61. The lowest BCUT2D eigenvalue weighted by molar-refractivity contribution is -0.147. The number of hydrogen-bond acceptors (Lipinski definition) is 2. The average Bonchev–Trinajstić information content (AvgIpc) is 2.29. The molecule has 0 saturated heterocycles. The predicted molar refractivity (Wildman–Crippen MR) is 72.1 cm³/mol. The first kappa shape index (κ1) is 14.6. The van der Waals surface area contributed by atoms with Crippen LogP contribution in [-0.2, 0) is 4.79 Å². The zero-order chi connectivity index (χ0) is 13.8. The molecule has 0 aromatic heterocycles. The van der Waals surface area contributed by atoms with Crippen molar-refractivity contribution in [3.63, 3.8) is 0 Å². The molecule has 1 N–H and O–H groups in total. The molecule has 3 heteroatoms. The highest BCUT2D eigenvalue weighted by atomic mass is 16.5. The van der Waals surface area contributed by atoms with Crippen LogP contribution in [-0.4, -0.2) is 17.7 Å². The van der Waals surface area contributed by atoms with Crippen LogP contribution in [0.25, 0.3) is 0 Å². The Kier molecular flexibility index (Phi) is 4.76. The fourth-order valence-electron chi connectivity index (χ4n) is 1.61. The van der Waals surface area contributed by atoms with Gasteiger partial charge in [0.25, 0.3) is 0 Å². The van der Waals surface area contributed by atoms with Crippen molar-refractivity contribution in [3.8, 4) is 5.75 Å². The molecule has 1 rings (SSSR count). The first-order valence-corrected chi connectivity index (χ1v) is 6.26. The minimum absolute atomic E-state index is 0.555. The van der Waals surface area contributed by atoms with Gasteiger partial charge < -0.3 is 9.84 Å². The van der Waals surface area contributed by atoms with E-state index in [2.05, 4.69) is 13.8 Å². The molecule has 0 unspecified atom stereocenters. The lowest BCUT2D eigenvalue weighted by atomic mass is 9.88. The topological polar surface area (TPSA) is 46.5 Å². The quantitative estimate of drug-likeness (QED) is 0.785. The van der Waals surface area contributed by atoms with Crippen LogP contribution in [0, 0.1) is 19.3 Å². The van der Waals surface area contributed by atoms with Crippen LogP contribution in [0.2, 0.25) is 0 Å². The molecule has 1 aromatic rings. The Morgan fingerprint density at radius 2 is 1.94 bits per heavy atom. The van der Waals surface area contributed by atoms with Crippen molar-refractivity contribution in [1.29, 1.82) is 0 Å². The Hall–Kier alpha value is -1.51. The highest BCUT2D eigenvalue weighted by molar-refractivity contribution is 5.73. The Bertz CT molecular complexity index is 422. The van der Waals surface area contributed by atoms with Gasteiger partial charge in [0.1, 0.15) is 5.75 Å². The highest BCUT2D eigenvalue weighted by Crippen LogP contribution is 2.23. The maximum Gasteiger partial charge on any atom is 0.309 e. The molecule has 18 heavy (non-hydrogen) atoms. The summed E-state index contributed by atoms with van der Waals surface area (Å²) in [4.78, 5) is 10.9. The molecule has 0 aliphatic rings. The van der Waals surface area contributed by atoms with Gasteiger partial charge in [-0.3, -0.25) is 4.79 Å². The minimum atomic E-state index is -0.756. The smallest absolute Gasteiger partial charge is 0.309 e. The summed E-state index contributed by atoms with van der Waals surface area (Å²) in [5, 5.41) is 8.98. The van der Waals surface area contributed by atoms with Gasteiger partial charge >= 0.3 is 5.97 Å². The third-order valence-electron chi connectivity index (χ3n) is 3.27. The molecular weight excluding hydrogens is 228 g/mol. The van der Waals surface area contributed by atoms with E-state index in [1.54, 1.807) is 13.8 Å². The molecule has 0 spiro atoms. The highest BCUT2D eigenvalue weighted by Gasteiger charge is 2.26. The number of carbonyl (C=O) groups is 1. The third kappa shape index (κ3) is 4.06. The second kappa shape index (κ2) is 5.89. The normalized spacial score (nSPS) is 11.3. The summed E-state index contributed by atoms with van der Waals surface area (Å²) in [5.41, 5.74) is 1.78. The molecule has 1 aromatic carbocycles. The largest absolute Gasteiger partial charge is 0.494 e. The van der Waals surface area contributed by atoms with Gasteiger partial charge in [-0.15, -0.1) is 0 Å². The maximum absolute atomic E-state index is 10.9. The summed E-state index contributed by atoms with van der Waals surface area (Å²) in [6.07, 6.45) is 1.36. The van der Waals surface area contributed by atoms with Gasteiger partial charge in [0.15, 0.2) is 0 Å². The second-order valence-corrected chi connectivity index (χ2v) is 5.39. The number of hydrogen-bond donors (Lipinski definition) is 1. The lowest BCUT2D eigenvalue weighted by Gasteiger charge is -2.18. The van der Waals surface area contributed by atoms with E-state index >= 15 is 0 Å². The van der Waals surface area contributed by atoms with Crippen LogP contribution in [0.5, 0.6) is 5.75 Å². The van der Waals surface area contributed by atoms with Gasteiger partial charge in [-0.25, -0.2) is 0 Å².